The Labute approximate surface area is 174 Å². The van der Waals surface area contributed by atoms with Gasteiger partial charge in [-0.3, -0.25) is 10.0 Å². The minimum absolute atomic E-state index is 0.0677. The van der Waals surface area contributed by atoms with Gasteiger partial charge in [0, 0.05) is 19.3 Å². The number of sulfone groups is 1. The van der Waals surface area contributed by atoms with Gasteiger partial charge in [0.2, 0.25) is 0 Å². The van der Waals surface area contributed by atoms with Gasteiger partial charge in [-0.2, -0.15) is 0 Å². The van der Waals surface area contributed by atoms with Crippen molar-refractivity contribution in [3.8, 4) is 5.75 Å². The van der Waals surface area contributed by atoms with Crippen LogP contribution in [-0.2, 0) is 24.1 Å². The first-order valence-corrected chi connectivity index (χ1v) is 10.6. The third kappa shape index (κ3) is 5.26. The first-order chi connectivity index (χ1) is 14.3. The van der Waals surface area contributed by atoms with Gasteiger partial charge in [-0.05, 0) is 43.2 Å². The molecule has 2 rings (SSSR count). The maximum Gasteiger partial charge on any atom is 0.265 e. The minimum atomic E-state index is -4.10. The summed E-state index contributed by atoms with van der Waals surface area (Å²) in [7, 11) is -4.10. The largest absolute Gasteiger partial charge is 0.490 e. The number of hydrogen-bond acceptors (Lipinski definition) is 7. The summed E-state index contributed by atoms with van der Waals surface area (Å²) in [6.45, 7) is 6.99. The number of hydroxylamine groups is 1. The number of ether oxygens (including phenoxy) is 3. The van der Waals surface area contributed by atoms with Crippen LogP contribution < -0.4 is 10.2 Å². The second kappa shape index (κ2) is 10.4. The van der Waals surface area contributed by atoms with E-state index < -0.39 is 26.3 Å². The third-order valence-corrected chi connectivity index (χ3v) is 7.10. The Morgan fingerprint density at radius 1 is 1.27 bits per heavy atom. The Morgan fingerprint density at radius 3 is 2.43 bits per heavy atom. The molecule has 1 aliphatic rings. The molecular weight excluding hydrogens is 417 g/mol. The summed E-state index contributed by atoms with van der Waals surface area (Å²) in [5.41, 5.74) is 1.47. The van der Waals surface area contributed by atoms with Crippen molar-refractivity contribution in [2.45, 2.75) is 22.5 Å². The minimum Gasteiger partial charge on any atom is -0.490 e. The van der Waals surface area contributed by atoms with Crippen LogP contribution in [0.25, 0.3) is 0 Å². The fraction of sp³-hybridized carbons (Fsp3) is 0.350. The van der Waals surface area contributed by atoms with Gasteiger partial charge in [0.25, 0.3) is 5.91 Å². The Morgan fingerprint density at radius 2 is 1.90 bits per heavy atom. The Balaban J connectivity index is 2.06. The number of hydrogen-bond donors (Lipinski definition) is 2. The predicted octanol–water partition coefficient (Wildman–Crippen LogP) is 2.46. The number of carbonyl (C=O) groups excluding carboxylic acids is 1. The molecule has 1 saturated heterocycles. The van der Waals surface area contributed by atoms with Crippen LogP contribution >= 0.6 is 0 Å². The van der Waals surface area contributed by atoms with E-state index in [0.717, 1.165) is 6.08 Å². The molecule has 1 aromatic carbocycles. The first kappa shape index (κ1) is 23.6. The molecule has 30 heavy (non-hydrogen) atoms. The van der Waals surface area contributed by atoms with E-state index in [1.165, 1.54) is 35.8 Å². The maximum atomic E-state index is 13.1. The Kier molecular flexibility index (Phi) is 8.16. The standard InChI is InChI=1S/C20H24FNO7S/c1-3-16(14-15(2)21)28-12-13-29-17-4-6-18(7-5-17)30(25,26)20(19(23)22-24)8-10-27-11-9-20/h3-7,14,24H,1-2,8-13H2,(H,22,23)/b16-14+. The molecule has 1 aromatic rings. The van der Waals surface area contributed by atoms with Gasteiger partial charge < -0.3 is 14.2 Å². The number of benzene rings is 1. The molecule has 1 heterocycles. The number of rotatable bonds is 10. The lowest BCUT2D eigenvalue weighted by Crippen LogP contribution is -2.54. The molecule has 0 unspecified atom stereocenters. The van der Waals surface area contributed by atoms with Crippen molar-refractivity contribution < 1.29 is 37.0 Å². The van der Waals surface area contributed by atoms with Crippen LogP contribution in [0.1, 0.15) is 12.8 Å². The van der Waals surface area contributed by atoms with E-state index in [9.17, 15) is 17.6 Å². The summed E-state index contributed by atoms with van der Waals surface area (Å²) in [4.78, 5) is 12.1. The monoisotopic (exact) mass is 441 g/mol. The smallest absolute Gasteiger partial charge is 0.265 e. The predicted molar refractivity (Wildman–Crippen MR) is 106 cm³/mol. The van der Waals surface area contributed by atoms with Crippen LogP contribution in [0.5, 0.6) is 5.75 Å². The number of nitrogens with one attached hydrogen (secondary N) is 1. The van der Waals surface area contributed by atoms with E-state index in [1.807, 2.05) is 0 Å². The van der Waals surface area contributed by atoms with Gasteiger partial charge in [0.05, 0.1) is 4.90 Å². The highest BCUT2D eigenvalue weighted by atomic mass is 32.2. The zero-order valence-electron chi connectivity index (χ0n) is 16.3. The summed E-state index contributed by atoms with van der Waals surface area (Å²) >= 11 is 0. The normalized spacial score (nSPS) is 16.4. The second-order valence-corrected chi connectivity index (χ2v) is 8.68. The number of carbonyl (C=O) groups is 1. The average Bonchev–Trinajstić information content (AvgIpc) is 2.75. The molecule has 0 aliphatic carbocycles. The van der Waals surface area contributed by atoms with E-state index in [0.29, 0.717) is 5.75 Å². The van der Waals surface area contributed by atoms with E-state index in [-0.39, 0.29) is 49.9 Å². The lowest BCUT2D eigenvalue weighted by atomic mass is 9.98. The highest BCUT2D eigenvalue weighted by Gasteiger charge is 2.52. The van der Waals surface area contributed by atoms with Gasteiger partial charge in [-0.1, -0.05) is 13.2 Å². The van der Waals surface area contributed by atoms with Gasteiger partial charge in [0.1, 0.15) is 30.5 Å². The fourth-order valence-electron chi connectivity index (χ4n) is 2.99. The maximum absolute atomic E-state index is 13.1. The second-order valence-electron chi connectivity index (χ2n) is 6.42. The topological polar surface area (TPSA) is 111 Å². The van der Waals surface area contributed by atoms with Crippen LogP contribution in [0, 0.1) is 0 Å². The molecular formula is C20H24FNO7S. The molecule has 1 amide bonds. The van der Waals surface area contributed by atoms with Gasteiger partial charge in [-0.15, -0.1) is 0 Å². The van der Waals surface area contributed by atoms with E-state index in [4.69, 9.17) is 19.4 Å². The summed E-state index contributed by atoms with van der Waals surface area (Å²) < 4.78 is 53.2. The van der Waals surface area contributed by atoms with Crippen molar-refractivity contribution in [2.24, 2.45) is 0 Å². The van der Waals surface area contributed by atoms with Crippen molar-refractivity contribution in [3.63, 3.8) is 0 Å². The molecule has 0 saturated carbocycles. The average molecular weight is 441 g/mol. The van der Waals surface area contributed by atoms with Crippen LogP contribution in [0.2, 0.25) is 0 Å². The summed E-state index contributed by atoms with van der Waals surface area (Å²) in [5, 5.41) is 9.06. The fourth-order valence-corrected chi connectivity index (χ4v) is 4.93. The molecule has 1 aliphatic heterocycles. The highest BCUT2D eigenvalue weighted by molar-refractivity contribution is 7.93. The first-order valence-electron chi connectivity index (χ1n) is 9.08. The van der Waals surface area contributed by atoms with Crippen molar-refractivity contribution >= 4 is 15.7 Å². The van der Waals surface area contributed by atoms with E-state index >= 15 is 0 Å². The molecule has 0 bridgehead atoms. The van der Waals surface area contributed by atoms with Crippen molar-refractivity contribution in [2.75, 3.05) is 26.4 Å². The number of allylic oxidation sites excluding steroid dienone is 3. The van der Waals surface area contributed by atoms with Crippen molar-refractivity contribution in [3.05, 3.63) is 61.2 Å². The Bertz CT molecular complexity index is 904. The summed E-state index contributed by atoms with van der Waals surface area (Å²) in [5.74, 6) is -1.06. The van der Waals surface area contributed by atoms with Gasteiger partial charge in [-0.25, -0.2) is 18.3 Å². The molecule has 0 aromatic heterocycles. The van der Waals surface area contributed by atoms with Crippen LogP contribution in [-0.4, -0.2) is 50.7 Å². The lowest BCUT2D eigenvalue weighted by Gasteiger charge is -2.34. The zero-order chi connectivity index (χ0) is 22.2. The summed E-state index contributed by atoms with van der Waals surface area (Å²) in [6, 6.07) is 5.56. The molecule has 10 heteroatoms. The van der Waals surface area contributed by atoms with Gasteiger partial charge in [0.15, 0.2) is 14.6 Å². The highest BCUT2D eigenvalue weighted by Crippen LogP contribution is 2.35. The SMILES string of the molecule is C=C/C(=C\C(=C)F)OCCOc1ccc(S(=O)(=O)C2(C(=O)NO)CCOCC2)cc1. The van der Waals surface area contributed by atoms with Crippen LogP contribution in [0.3, 0.4) is 0 Å². The number of amides is 1. The van der Waals surface area contributed by atoms with Crippen molar-refractivity contribution in [1.29, 1.82) is 0 Å². The van der Waals surface area contributed by atoms with Crippen LogP contribution in [0.4, 0.5) is 4.39 Å². The summed E-state index contributed by atoms with van der Waals surface area (Å²) in [6.07, 6.45) is 2.28. The van der Waals surface area contributed by atoms with Gasteiger partial charge >= 0.3 is 0 Å². The van der Waals surface area contributed by atoms with E-state index in [2.05, 4.69) is 13.2 Å². The molecule has 164 valence electrons. The quantitative estimate of drug-likeness (QED) is 0.189. The lowest BCUT2D eigenvalue weighted by molar-refractivity contribution is -0.134. The molecule has 1 fully saturated rings. The molecule has 0 radical (unpaired) electrons. The molecule has 2 N–H and O–H groups in total. The van der Waals surface area contributed by atoms with E-state index in [1.54, 1.807) is 0 Å². The number of halogens is 1. The van der Waals surface area contributed by atoms with Crippen LogP contribution in [0.15, 0.2) is 66.1 Å². The third-order valence-electron chi connectivity index (χ3n) is 4.59. The van der Waals surface area contributed by atoms with Crippen molar-refractivity contribution in [1.82, 2.24) is 5.48 Å². The molecule has 0 atom stereocenters. The molecule has 8 nitrogen and oxygen atoms in total. The Hall–Kier alpha value is -2.69. The molecule has 0 spiro atoms. The zero-order valence-corrected chi connectivity index (χ0v) is 17.1.